The monoisotopic (exact) mass is 349 g/mol. The van der Waals surface area contributed by atoms with Crippen molar-refractivity contribution in [1.29, 1.82) is 0 Å². The van der Waals surface area contributed by atoms with Crippen LogP contribution in [0, 0.1) is 0 Å². The minimum atomic E-state index is -4.19. The molecular weight excluding hydrogens is 333 g/mol. The van der Waals surface area contributed by atoms with Crippen molar-refractivity contribution in [3.8, 4) is 0 Å². The Bertz CT molecular complexity index is 769. The number of hydrogen-bond donors (Lipinski definition) is 5. The van der Waals surface area contributed by atoms with Crippen LogP contribution in [0.1, 0.15) is 12.8 Å². The number of aromatic amines is 1. The van der Waals surface area contributed by atoms with Gasteiger partial charge >= 0.3 is 7.60 Å². The molecule has 2 aromatic heterocycles. The van der Waals surface area contributed by atoms with Gasteiger partial charge in [0.2, 0.25) is 17.9 Å². The van der Waals surface area contributed by atoms with E-state index in [0.717, 1.165) is 4.73 Å². The van der Waals surface area contributed by atoms with E-state index in [9.17, 15) is 14.5 Å². The van der Waals surface area contributed by atoms with E-state index in [1.54, 1.807) is 0 Å². The molecule has 12 nitrogen and oxygen atoms in total. The van der Waals surface area contributed by atoms with E-state index in [2.05, 4.69) is 15.0 Å². The Morgan fingerprint density at radius 2 is 2.22 bits per heavy atom. The minimum absolute atomic E-state index is 0.0105. The van der Waals surface area contributed by atoms with Crippen LogP contribution in [0.5, 0.6) is 0 Å². The number of imidazole rings is 1. The Balaban J connectivity index is 1.87. The van der Waals surface area contributed by atoms with Crippen LogP contribution in [0.2, 0.25) is 0 Å². The fourth-order valence-corrected chi connectivity index (χ4v) is 2.08. The van der Waals surface area contributed by atoms with Gasteiger partial charge in [-0.3, -0.25) is 14.3 Å². The van der Waals surface area contributed by atoms with Gasteiger partial charge in [0.25, 0.3) is 5.56 Å². The van der Waals surface area contributed by atoms with E-state index < -0.39 is 25.8 Å². The van der Waals surface area contributed by atoms with Crippen LogP contribution in [-0.4, -0.2) is 53.8 Å². The Morgan fingerprint density at radius 3 is 2.91 bits per heavy atom. The van der Waals surface area contributed by atoms with Crippen molar-refractivity contribution < 1.29 is 29.0 Å². The fraction of sp³-hybridized carbons (Fsp3) is 0.500. The van der Waals surface area contributed by atoms with E-state index in [0.29, 0.717) is 6.42 Å². The van der Waals surface area contributed by atoms with Crippen molar-refractivity contribution in [1.82, 2.24) is 19.7 Å². The van der Waals surface area contributed by atoms with Crippen LogP contribution >= 0.6 is 7.60 Å². The maximum absolute atomic E-state index is 11.6. The highest BCUT2D eigenvalue weighted by molar-refractivity contribution is 7.51. The van der Waals surface area contributed by atoms with Crippen molar-refractivity contribution in [3.05, 3.63) is 16.7 Å². The number of anilines is 1. The molecule has 2 heterocycles. The van der Waals surface area contributed by atoms with Gasteiger partial charge in [-0.25, -0.2) is 4.98 Å². The second-order valence-electron chi connectivity index (χ2n) is 4.60. The van der Waals surface area contributed by atoms with Gasteiger partial charge in [-0.15, -0.1) is 4.73 Å². The summed E-state index contributed by atoms with van der Waals surface area (Å²) in [5.74, 6) is -0.117. The predicted molar refractivity (Wildman–Crippen MR) is 77.2 cm³/mol. The molecule has 1 atom stereocenters. The van der Waals surface area contributed by atoms with Gasteiger partial charge in [0.15, 0.2) is 5.52 Å². The number of H-pyrrole nitrogens is 1. The second-order valence-corrected chi connectivity index (χ2v) is 6.19. The molecule has 23 heavy (non-hydrogen) atoms. The molecule has 0 aliphatic carbocycles. The topological polar surface area (TPSA) is 186 Å². The first kappa shape index (κ1) is 17.4. The number of nitrogens with one attached hydrogen (secondary N) is 1. The van der Waals surface area contributed by atoms with Gasteiger partial charge in [-0.1, -0.05) is 0 Å². The number of aromatic nitrogens is 4. The van der Waals surface area contributed by atoms with Crippen molar-refractivity contribution in [2.75, 3.05) is 18.7 Å². The molecule has 0 radical (unpaired) electrons. The normalized spacial score (nSPS) is 13.3. The third kappa shape index (κ3) is 5.01. The zero-order chi connectivity index (χ0) is 17.0. The fourth-order valence-electron chi connectivity index (χ4n) is 1.71. The van der Waals surface area contributed by atoms with Crippen LogP contribution in [0.4, 0.5) is 5.95 Å². The molecule has 0 saturated carbocycles. The van der Waals surface area contributed by atoms with E-state index >= 15 is 0 Å². The van der Waals surface area contributed by atoms with E-state index in [-0.39, 0.29) is 30.1 Å². The van der Waals surface area contributed by atoms with Gasteiger partial charge in [0.05, 0.1) is 0 Å². The Morgan fingerprint density at radius 1 is 1.48 bits per heavy atom. The summed E-state index contributed by atoms with van der Waals surface area (Å²) >= 11 is 0. The standard InChI is InChI=1S/C10H16N5O7P/c11-10-13-8-7(9(17)14-10)12-4-15(8)22-6(16)2-1-3-21-5-23(18,19)20/h4,6,16H,1-3,5H2,(H2,18,19,20)(H3,11,13,14,17). The number of aliphatic hydroxyl groups excluding tert-OH is 1. The third-order valence-corrected chi connectivity index (χ3v) is 3.15. The summed E-state index contributed by atoms with van der Waals surface area (Å²) in [7, 11) is -4.19. The number of aliphatic hydroxyl groups is 1. The molecule has 0 spiro atoms. The van der Waals surface area contributed by atoms with Gasteiger partial charge in [-0.05, 0) is 6.42 Å². The van der Waals surface area contributed by atoms with E-state index in [4.69, 9.17) is 25.1 Å². The highest BCUT2D eigenvalue weighted by atomic mass is 31.2. The molecule has 13 heteroatoms. The number of rotatable bonds is 8. The molecule has 0 aromatic carbocycles. The zero-order valence-electron chi connectivity index (χ0n) is 11.8. The number of nitrogens with two attached hydrogens (primary N) is 1. The van der Waals surface area contributed by atoms with Crippen molar-refractivity contribution >= 4 is 24.7 Å². The number of nitrogen functional groups attached to an aromatic ring is 1. The highest BCUT2D eigenvalue weighted by Gasteiger charge is 2.15. The molecule has 1 unspecified atom stereocenters. The molecule has 0 aliphatic rings. The summed E-state index contributed by atoms with van der Waals surface area (Å²) in [5, 5.41) is 9.75. The van der Waals surface area contributed by atoms with Crippen LogP contribution in [0.25, 0.3) is 11.2 Å². The minimum Gasteiger partial charge on any atom is -0.379 e. The maximum Gasteiger partial charge on any atom is 0.350 e. The summed E-state index contributed by atoms with van der Waals surface area (Å²) in [4.78, 5) is 43.9. The van der Waals surface area contributed by atoms with E-state index in [1.165, 1.54) is 6.33 Å². The Labute approximate surface area is 129 Å². The summed E-state index contributed by atoms with van der Waals surface area (Å²) in [6.45, 7) is 0.0427. The largest absolute Gasteiger partial charge is 0.379 e. The lowest BCUT2D eigenvalue weighted by Crippen LogP contribution is -2.25. The van der Waals surface area contributed by atoms with Crippen LogP contribution in [0.3, 0.4) is 0 Å². The molecule has 0 saturated heterocycles. The lowest BCUT2D eigenvalue weighted by molar-refractivity contribution is -0.107. The Hall–Kier alpha value is -1.98. The van der Waals surface area contributed by atoms with Crippen molar-refractivity contribution in [3.63, 3.8) is 0 Å². The molecular formula is C10H16N5O7P. The number of fused-ring (bicyclic) bond motifs is 1. The molecule has 2 aromatic rings. The third-order valence-electron chi connectivity index (χ3n) is 2.63. The number of nitrogens with zero attached hydrogens (tertiary/aromatic N) is 3. The second kappa shape index (κ2) is 7.06. The average Bonchev–Trinajstić information content (AvgIpc) is 2.80. The molecule has 0 aliphatic heterocycles. The first-order valence-corrected chi connectivity index (χ1v) is 8.26. The molecule has 128 valence electrons. The lowest BCUT2D eigenvalue weighted by Gasteiger charge is -2.13. The molecule has 0 fully saturated rings. The van der Waals surface area contributed by atoms with Gasteiger partial charge < -0.3 is 30.2 Å². The lowest BCUT2D eigenvalue weighted by atomic mass is 10.3. The van der Waals surface area contributed by atoms with Crippen molar-refractivity contribution in [2.45, 2.75) is 19.1 Å². The van der Waals surface area contributed by atoms with Crippen LogP contribution in [0.15, 0.2) is 11.1 Å². The number of ether oxygens (including phenoxy) is 1. The molecule has 0 amide bonds. The maximum atomic E-state index is 11.6. The summed E-state index contributed by atoms with van der Waals surface area (Å²) in [6.07, 6.45) is -0.348. The summed E-state index contributed by atoms with van der Waals surface area (Å²) in [6, 6.07) is 0. The van der Waals surface area contributed by atoms with Crippen LogP contribution in [-0.2, 0) is 9.30 Å². The van der Waals surface area contributed by atoms with Gasteiger partial charge in [0.1, 0.15) is 12.7 Å². The first-order chi connectivity index (χ1) is 10.8. The smallest absolute Gasteiger partial charge is 0.350 e. The summed E-state index contributed by atoms with van der Waals surface area (Å²) < 4.78 is 16.3. The Kier molecular flexibility index (Phi) is 5.34. The van der Waals surface area contributed by atoms with Gasteiger partial charge in [0, 0.05) is 13.0 Å². The molecule has 6 N–H and O–H groups in total. The van der Waals surface area contributed by atoms with E-state index in [1.807, 2.05) is 0 Å². The predicted octanol–water partition coefficient (Wildman–Crippen LogP) is -1.62. The zero-order valence-corrected chi connectivity index (χ0v) is 12.7. The van der Waals surface area contributed by atoms with Crippen molar-refractivity contribution in [2.24, 2.45) is 0 Å². The quantitative estimate of drug-likeness (QED) is 0.211. The van der Waals surface area contributed by atoms with Gasteiger partial charge in [-0.2, -0.15) is 4.98 Å². The average molecular weight is 349 g/mol. The SMILES string of the molecule is Nc1nc2c(ncn2OC(O)CCCOCP(=O)(O)O)c(=O)[nH]1. The highest BCUT2D eigenvalue weighted by Crippen LogP contribution is 2.33. The summed E-state index contributed by atoms with van der Waals surface area (Å²) in [5.41, 5.74) is 4.96. The van der Waals surface area contributed by atoms with Crippen LogP contribution < -0.4 is 16.1 Å². The molecule has 0 bridgehead atoms. The molecule has 2 rings (SSSR count). The number of hydrogen-bond acceptors (Lipinski definition) is 8. The first-order valence-electron chi connectivity index (χ1n) is 6.46.